The zero-order valence-electron chi connectivity index (χ0n) is 22.8. The molecule has 2 atom stereocenters. The van der Waals surface area contributed by atoms with E-state index in [1.54, 1.807) is 29.2 Å². The van der Waals surface area contributed by atoms with E-state index in [0.29, 0.717) is 36.0 Å². The van der Waals surface area contributed by atoms with Gasteiger partial charge in [0, 0.05) is 24.0 Å². The lowest BCUT2D eigenvalue weighted by atomic mass is 9.83. The predicted octanol–water partition coefficient (Wildman–Crippen LogP) is 8.25. The number of aryl methyl sites for hydroxylation is 1. The van der Waals surface area contributed by atoms with Crippen LogP contribution < -0.4 is 10.6 Å². The number of carbonyl (C=O) groups excluding carboxylic acids is 2. The molecule has 3 aromatic rings. The SMILES string of the molecule is Cc1ccc(NC(=O)C2CCCN(C(=O)c3ccccc3Cl)C2c2ccc(NC3CCCC3)cc2)cc1C(F)(F)F. The van der Waals surface area contributed by atoms with Crippen molar-refractivity contribution in [3.8, 4) is 0 Å². The van der Waals surface area contributed by atoms with Gasteiger partial charge in [0.05, 0.1) is 28.1 Å². The maximum absolute atomic E-state index is 13.8. The Hall–Kier alpha value is -3.52. The summed E-state index contributed by atoms with van der Waals surface area (Å²) in [4.78, 5) is 29.2. The smallest absolute Gasteiger partial charge is 0.382 e. The second-order valence-corrected chi connectivity index (χ2v) is 11.3. The van der Waals surface area contributed by atoms with Gasteiger partial charge in [0.15, 0.2) is 0 Å². The highest BCUT2D eigenvalue weighted by Crippen LogP contribution is 2.40. The number of piperidine rings is 1. The first-order valence-corrected chi connectivity index (χ1v) is 14.4. The van der Waals surface area contributed by atoms with Crippen molar-refractivity contribution in [1.29, 1.82) is 0 Å². The Bertz CT molecular complexity index is 1400. The van der Waals surface area contributed by atoms with Crippen molar-refractivity contribution < 1.29 is 22.8 Å². The number of nitrogens with one attached hydrogen (secondary N) is 2. The number of likely N-dealkylation sites (tertiary alicyclic amines) is 1. The molecule has 5 rings (SSSR count). The maximum Gasteiger partial charge on any atom is 0.416 e. The Kier molecular flexibility index (Phi) is 8.59. The van der Waals surface area contributed by atoms with Gasteiger partial charge in [0.2, 0.25) is 5.91 Å². The first kappa shape index (κ1) is 29.0. The molecular weight excluding hydrogens is 551 g/mol. The summed E-state index contributed by atoms with van der Waals surface area (Å²) in [7, 11) is 0. The molecule has 0 aromatic heterocycles. The highest BCUT2D eigenvalue weighted by Gasteiger charge is 2.40. The average molecular weight is 584 g/mol. The van der Waals surface area contributed by atoms with E-state index in [4.69, 9.17) is 11.6 Å². The highest BCUT2D eigenvalue weighted by atomic mass is 35.5. The average Bonchev–Trinajstić information content (AvgIpc) is 3.46. The van der Waals surface area contributed by atoms with Gasteiger partial charge in [0.25, 0.3) is 5.91 Å². The fourth-order valence-corrected chi connectivity index (χ4v) is 6.24. The van der Waals surface area contributed by atoms with Crippen molar-refractivity contribution in [3.63, 3.8) is 0 Å². The normalized spacial score (nSPS) is 19.7. The predicted molar refractivity (Wildman–Crippen MR) is 155 cm³/mol. The number of nitrogens with zero attached hydrogens (tertiary/aromatic N) is 1. The molecule has 41 heavy (non-hydrogen) atoms. The third kappa shape index (κ3) is 6.53. The summed E-state index contributed by atoms with van der Waals surface area (Å²) in [6.07, 6.45) is 1.17. The van der Waals surface area contributed by atoms with Crippen LogP contribution in [0.4, 0.5) is 24.5 Å². The number of anilines is 2. The van der Waals surface area contributed by atoms with E-state index in [1.807, 2.05) is 24.3 Å². The Morgan fingerprint density at radius 2 is 1.59 bits per heavy atom. The number of alkyl halides is 3. The molecule has 1 aliphatic heterocycles. The molecule has 1 saturated heterocycles. The number of hydrogen-bond donors (Lipinski definition) is 2. The summed E-state index contributed by atoms with van der Waals surface area (Å²) in [5.41, 5.74) is 1.44. The monoisotopic (exact) mass is 583 g/mol. The van der Waals surface area contributed by atoms with Crippen molar-refractivity contribution in [2.75, 3.05) is 17.2 Å². The fraction of sp³-hybridized carbons (Fsp3) is 0.375. The van der Waals surface area contributed by atoms with Crippen LogP contribution in [0, 0.1) is 12.8 Å². The van der Waals surface area contributed by atoms with Crippen LogP contribution in [0.1, 0.15) is 71.6 Å². The molecule has 2 aliphatic rings. The van der Waals surface area contributed by atoms with Crippen LogP contribution in [0.5, 0.6) is 0 Å². The third-order valence-corrected chi connectivity index (χ3v) is 8.45. The van der Waals surface area contributed by atoms with Crippen molar-refractivity contribution >= 4 is 34.8 Å². The molecule has 1 saturated carbocycles. The van der Waals surface area contributed by atoms with Gasteiger partial charge in [-0.1, -0.05) is 54.8 Å². The number of benzene rings is 3. The number of hydrogen-bond acceptors (Lipinski definition) is 3. The quantitative estimate of drug-likeness (QED) is 0.307. The number of halogens is 4. The van der Waals surface area contributed by atoms with Crippen molar-refractivity contribution in [3.05, 3.63) is 94.0 Å². The number of amides is 2. The van der Waals surface area contributed by atoms with Gasteiger partial charge in [-0.15, -0.1) is 0 Å². The maximum atomic E-state index is 13.8. The molecular formula is C32H33ClF3N3O2. The summed E-state index contributed by atoms with van der Waals surface area (Å²) in [6.45, 7) is 1.80. The van der Waals surface area contributed by atoms with E-state index in [2.05, 4.69) is 10.6 Å². The molecule has 0 radical (unpaired) electrons. The zero-order chi connectivity index (χ0) is 29.1. The summed E-state index contributed by atoms with van der Waals surface area (Å²) in [5.74, 6) is -1.41. The molecule has 1 aliphatic carbocycles. The molecule has 2 unspecified atom stereocenters. The van der Waals surface area contributed by atoms with Crippen LogP contribution in [-0.2, 0) is 11.0 Å². The van der Waals surface area contributed by atoms with Crippen LogP contribution in [0.2, 0.25) is 5.02 Å². The Labute approximate surface area is 243 Å². The summed E-state index contributed by atoms with van der Waals surface area (Å²) >= 11 is 6.38. The Morgan fingerprint density at radius 1 is 0.902 bits per heavy atom. The van der Waals surface area contributed by atoms with Crippen molar-refractivity contribution in [2.24, 2.45) is 5.92 Å². The van der Waals surface area contributed by atoms with Crippen LogP contribution in [-0.4, -0.2) is 29.3 Å². The molecule has 2 fully saturated rings. The second kappa shape index (κ2) is 12.1. The molecule has 0 bridgehead atoms. The van der Waals surface area contributed by atoms with Gasteiger partial charge in [-0.05, 0) is 80.1 Å². The highest BCUT2D eigenvalue weighted by molar-refractivity contribution is 6.33. The number of rotatable bonds is 6. The molecule has 1 heterocycles. The molecule has 5 nitrogen and oxygen atoms in total. The van der Waals surface area contributed by atoms with E-state index in [1.165, 1.54) is 31.9 Å². The first-order valence-electron chi connectivity index (χ1n) is 14.0. The van der Waals surface area contributed by atoms with E-state index >= 15 is 0 Å². The molecule has 0 spiro atoms. The van der Waals surface area contributed by atoms with Gasteiger partial charge in [-0.25, -0.2) is 0 Å². The molecule has 216 valence electrons. The molecule has 2 amide bonds. The van der Waals surface area contributed by atoms with Crippen molar-refractivity contribution in [1.82, 2.24) is 4.90 Å². The van der Waals surface area contributed by atoms with Crippen LogP contribution in [0.3, 0.4) is 0 Å². The minimum absolute atomic E-state index is 0.0670. The van der Waals surface area contributed by atoms with Gasteiger partial charge in [-0.3, -0.25) is 9.59 Å². The van der Waals surface area contributed by atoms with Crippen molar-refractivity contribution in [2.45, 2.75) is 63.7 Å². The van der Waals surface area contributed by atoms with Crippen LogP contribution in [0.15, 0.2) is 66.7 Å². The lowest BCUT2D eigenvalue weighted by Gasteiger charge is -2.41. The molecule has 9 heteroatoms. The van der Waals surface area contributed by atoms with Gasteiger partial charge in [0.1, 0.15) is 0 Å². The van der Waals surface area contributed by atoms with Crippen LogP contribution in [0.25, 0.3) is 0 Å². The van der Waals surface area contributed by atoms with Gasteiger partial charge < -0.3 is 15.5 Å². The topological polar surface area (TPSA) is 61.4 Å². The minimum Gasteiger partial charge on any atom is -0.382 e. The standard InChI is InChI=1S/C32H33ClF3N3O2/c1-20-12-15-24(19-27(20)32(34,35)36)38-30(40)26-10-6-18-39(31(41)25-9-4-5-11-28(25)33)29(26)21-13-16-23(17-14-21)37-22-7-2-3-8-22/h4-5,9,11-17,19,22,26,29,37H,2-3,6-8,10,18H2,1H3,(H,38,40). The fourth-order valence-electron chi connectivity index (χ4n) is 6.02. The minimum atomic E-state index is -4.54. The molecule has 3 aromatic carbocycles. The zero-order valence-corrected chi connectivity index (χ0v) is 23.6. The Balaban J connectivity index is 1.46. The third-order valence-electron chi connectivity index (χ3n) is 8.12. The number of carbonyl (C=O) groups is 2. The summed E-state index contributed by atoms with van der Waals surface area (Å²) in [6, 6.07) is 18.2. The summed E-state index contributed by atoms with van der Waals surface area (Å²) < 4.78 is 40.6. The lowest BCUT2D eigenvalue weighted by Crippen LogP contribution is -2.46. The van der Waals surface area contributed by atoms with E-state index in [-0.39, 0.29) is 17.2 Å². The lowest BCUT2D eigenvalue weighted by molar-refractivity contribution is -0.138. The summed E-state index contributed by atoms with van der Waals surface area (Å²) in [5, 5.41) is 6.58. The second-order valence-electron chi connectivity index (χ2n) is 10.9. The van der Waals surface area contributed by atoms with E-state index in [9.17, 15) is 22.8 Å². The largest absolute Gasteiger partial charge is 0.416 e. The van der Waals surface area contributed by atoms with Gasteiger partial charge in [-0.2, -0.15) is 13.2 Å². The van der Waals surface area contributed by atoms with E-state index in [0.717, 1.165) is 30.2 Å². The molecule has 2 N–H and O–H groups in total. The van der Waals surface area contributed by atoms with Crippen LogP contribution >= 0.6 is 11.6 Å². The Morgan fingerprint density at radius 3 is 2.27 bits per heavy atom. The van der Waals surface area contributed by atoms with E-state index < -0.39 is 29.6 Å². The first-order chi connectivity index (χ1) is 19.6. The van der Waals surface area contributed by atoms with Gasteiger partial charge >= 0.3 is 6.18 Å².